The van der Waals surface area contributed by atoms with Crippen molar-refractivity contribution in [3.8, 4) is 11.3 Å². The monoisotopic (exact) mass is 419 g/mol. The molecule has 2 aliphatic heterocycles. The summed E-state index contributed by atoms with van der Waals surface area (Å²) in [5.74, 6) is -0.563. The second kappa shape index (κ2) is 7.46. The molecule has 0 aliphatic carbocycles. The van der Waals surface area contributed by atoms with E-state index >= 15 is 0 Å². The van der Waals surface area contributed by atoms with Crippen molar-refractivity contribution in [2.45, 2.75) is 0 Å². The molecule has 0 saturated carbocycles. The molecule has 0 spiro atoms. The zero-order valence-corrected chi connectivity index (χ0v) is 17.0. The highest BCUT2D eigenvalue weighted by atomic mass is 32.2. The highest BCUT2D eigenvalue weighted by Crippen LogP contribution is 2.35. The Labute approximate surface area is 177 Å². The van der Waals surface area contributed by atoms with E-state index in [1.165, 1.54) is 16.8 Å². The van der Waals surface area contributed by atoms with Crippen molar-refractivity contribution in [1.29, 1.82) is 0 Å². The third kappa shape index (κ3) is 3.39. The number of halogens is 1. The summed E-state index contributed by atoms with van der Waals surface area (Å²) in [7, 11) is 1.71. The van der Waals surface area contributed by atoms with Crippen LogP contribution in [0.5, 0.6) is 0 Å². The number of carbonyl (C=O) groups is 1. The molecular weight excluding hydrogens is 401 g/mol. The van der Waals surface area contributed by atoms with Crippen molar-refractivity contribution < 1.29 is 9.18 Å². The van der Waals surface area contributed by atoms with E-state index in [1.54, 1.807) is 37.0 Å². The van der Waals surface area contributed by atoms with Gasteiger partial charge in [-0.3, -0.25) is 14.5 Å². The lowest BCUT2D eigenvalue weighted by Gasteiger charge is -2.16. The maximum absolute atomic E-state index is 13.1. The molecule has 0 saturated heterocycles. The van der Waals surface area contributed by atoms with Crippen LogP contribution < -0.4 is 5.32 Å². The molecule has 0 fully saturated rings. The summed E-state index contributed by atoms with van der Waals surface area (Å²) in [5, 5.41) is 10.5. The Morgan fingerprint density at radius 3 is 2.60 bits per heavy atom. The minimum atomic E-state index is -0.309. The van der Waals surface area contributed by atoms with Crippen LogP contribution in [0.15, 0.2) is 65.0 Å². The number of amidine groups is 1. The molecule has 6 nitrogen and oxygen atoms in total. The Morgan fingerprint density at radius 1 is 1.10 bits per heavy atom. The number of rotatable bonds is 4. The van der Waals surface area contributed by atoms with Gasteiger partial charge in [0, 0.05) is 30.3 Å². The summed E-state index contributed by atoms with van der Waals surface area (Å²) < 4.78 is 14.7. The standard InChI is InChI=1S/C22H18FN5OS/c1-27-19(12-18(26-27)14-2-6-16(23)7-3-14)21(29)25-17-8-4-15(5-9-17)20-13-30-22-24-10-11-28(20)22/h2-9,12-13H,10-11H2,1H3,(H,25,29). The van der Waals surface area contributed by atoms with E-state index in [0.717, 1.165) is 35.1 Å². The van der Waals surface area contributed by atoms with Gasteiger partial charge in [0.25, 0.3) is 5.91 Å². The van der Waals surface area contributed by atoms with E-state index in [1.807, 2.05) is 24.3 Å². The smallest absolute Gasteiger partial charge is 0.273 e. The van der Waals surface area contributed by atoms with E-state index in [2.05, 4.69) is 25.7 Å². The molecule has 3 aromatic rings. The van der Waals surface area contributed by atoms with Gasteiger partial charge in [-0.1, -0.05) is 23.9 Å². The molecule has 5 rings (SSSR count). The van der Waals surface area contributed by atoms with Crippen LogP contribution in [0.4, 0.5) is 10.1 Å². The number of thioether (sulfide) groups is 1. The second-order valence-electron chi connectivity index (χ2n) is 7.01. The van der Waals surface area contributed by atoms with Gasteiger partial charge in [0.05, 0.1) is 17.9 Å². The highest BCUT2D eigenvalue weighted by molar-refractivity contribution is 8.16. The van der Waals surface area contributed by atoms with Gasteiger partial charge >= 0.3 is 0 Å². The van der Waals surface area contributed by atoms with E-state index < -0.39 is 0 Å². The van der Waals surface area contributed by atoms with Crippen LogP contribution in [0.25, 0.3) is 17.0 Å². The molecule has 8 heteroatoms. The number of hydrogen-bond acceptors (Lipinski definition) is 5. The molecule has 0 unspecified atom stereocenters. The number of anilines is 1. The molecule has 150 valence electrons. The van der Waals surface area contributed by atoms with Gasteiger partial charge in [0.15, 0.2) is 5.17 Å². The van der Waals surface area contributed by atoms with Crippen LogP contribution in [0.1, 0.15) is 16.1 Å². The number of aliphatic imine (C=N–C) groups is 1. The Hall–Kier alpha value is -3.39. The maximum atomic E-state index is 13.1. The predicted molar refractivity (Wildman–Crippen MR) is 118 cm³/mol. The molecular formula is C22H18FN5OS. The van der Waals surface area contributed by atoms with Gasteiger partial charge in [-0.2, -0.15) is 5.10 Å². The van der Waals surface area contributed by atoms with Crippen LogP contribution in [0.3, 0.4) is 0 Å². The number of nitrogens with zero attached hydrogens (tertiary/aromatic N) is 4. The van der Waals surface area contributed by atoms with Crippen LogP contribution in [-0.2, 0) is 7.05 Å². The van der Waals surface area contributed by atoms with Gasteiger partial charge in [-0.05, 0) is 48.0 Å². The van der Waals surface area contributed by atoms with Crippen LogP contribution >= 0.6 is 11.8 Å². The van der Waals surface area contributed by atoms with Gasteiger partial charge in [-0.25, -0.2) is 4.39 Å². The first-order chi connectivity index (χ1) is 14.6. The lowest BCUT2D eigenvalue weighted by Crippen LogP contribution is -2.20. The van der Waals surface area contributed by atoms with E-state index in [-0.39, 0.29) is 11.7 Å². The minimum Gasteiger partial charge on any atom is -0.321 e. The fraction of sp³-hybridized carbons (Fsp3) is 0.136. The van der Waals surface area contributed by atoms with E-state index in [0.29, 0.717) is 17.1 Å². The average molecular weight is 419 g/mol. The predicted octanol–water partition coefficient (Wildman–Crippen LogP) is 4.20. The van der Waals surface area contributed by atoms with Crippen molar-refractivity contribution in [3.05, 3.63) is 77.1 Å². The molecule has 1 N–H and O–H groups in total. The van der Waals surface area contributed by atoms with Gasteiger partial charge in [0.1, 0.15) is 11.5 Å². The number of fused-ring (bicyclic) bond motifs is 1. The minimum absolute atomic E-state index is 0.254. The summed E-state index contributed by atoms with van der Waals surface area (Å²) in [6, 6.07) is 15.5. The lowest BCUT2D eigenvalue weighted by molar-refractivity contribution is 0.101. The Bertz CT molecular complexity index is 1180. The fourth-order valence-corrected chi connectivity index (χ4v) is 4.47. The normalized spacial score (nSPS) is 15.1. The topological polar surface area (TPSA) is 62.5 Å². The average Bonchev–Trinajstić information content (AvgIpc) is 3.45. The third-order valence-corrected chi connectivity index (χ3v) is 5.96. The first kappa shape index (κ1) is 18.6. The summed E-state index contributed by atoms with van der Waals surface area (Å²) in [6.45, 7) is 1.74. The van der Waals surface area contributed by atoms with Crippen molar-refractivity contribution in [2.75, 3.05) is 18.4 Å². The summed E-state index contributed by atoms with van der Waals surface area (Å²) in [5.41, 5.74) is 4.73. The first-order valence-electron chi connectivity index (χ1n) is 9.49. The Balaban J connectivity index is 1.31. The second-order valence-corrected chi connectivity index (χ2v) is 7.85. The number of nitrogens with one attached hydrogen (secondary N) is 1. The number of benzene rings is 2. The SMILES string of the molecule is Cn1nc(-c2ccc(F)cc2)cc1C(=O)Nc1ccc(C2=CSC3=NCCN23)cc1. The zero-order valence-electron chi connectivity index (χ0n) is 16.2. The lowest BCUT2D eigenvalue weighted by atomic mass is 10.1. The van der Waals surface area contributed by atoms with Crippen LogP contribution in [-0.4, -0.2) is 38.8 Å². The molecule has 1 amide bonds. The molecule has 1 aromatic heterocycles. The summed E-state index contributed by atoms with van der Waals surface area (Å²) in [6.07, 6.45) is 0. The molecule has 2 aliphatic rings. The molecule has 0 radical (unpaired) electrons. The van der Waals surface area contributed by atoms with Gasteiger partial charge in [0.2, 0.25) is 0 Å². The number of aryl methyl sites for hydroxylation is 1. The molecule has 2 aromatic carbocycles. The maximum Gasteiger partial charge on any atom is 0.273 e. The Morgan fingerprint density at radius 2 is 1.83 bits per heavy atom. The number of aromatic nitrogens is 2. The van der Waals surface area contributed by atoms with Crippen LogP contribution in [0.2, 0.25) is 0 Å². The summed E-state index contributed by atoms with van der Waals surface area (Å²) >= 11 is 1.64. The largest absolute Gasteiger partial charge is 0.321 e. The molecule has 0 atom stereocenters. The van der Waals surface area contributed by atoms with Crippen molar-refractivity contribution in [2.24, 2.45) is 12.0 Å². The Kier molecular flexibility index (Phi) is 4.63. The number of hydrogen-bond donors (Lipinski definition) is 1. The van der Waals surface area contributed by atoms with Gasteiger partial charge in [-0.15, -0.1) is 0 Å². The zero-order chi connectivity index (χ0) is 20.7. The van der Waals surface area contributed by atoms with Crippen molar-refractivity contribution >= 4 is 34.2 Å². The van der Waals surface area contributed by atoms with E-state index in [9.17, 15) is 9.18 Å². The number of amides is 1. The van der Waals surface area contributed by atoms with Crippen LogP contribution in [0, 0.1) is 5.82 Å². The molecule has 3 heterocycles. The molecule has 30 heavy (non-hydrogen) atoms. The fourth-order valence-electron chi connectivity index (χ4n) is 3.51. The van der Waals surface area contributed by atoms with Gasteiger partial charge < -0.3 is 10.2 Å². The number of carbonyl (C=O) groups excluding carboxylic acids is 1. The molecule has 0 bridgehead atoms. The highest BCUT2D eigenvalue weighted by Gasteiger charge is 2.27. The summed E-state index contributed by atoms with van der Waals surface area (Å²) in [4.78, 5) is 19.4. The van der Waals surface area contributed by atoms with Crippen molar-refractivity contribution in [3.63, 3.8) is 0 Å². The first-order valence-corrected chi connectivity index (χ1v) is 10.4. The third-order valence-electron chi connectivity index (χ3n) is 5.06. The van der Waals surface area contributed by atoms with Crippen molar-refractivity contribution in [1.82, 2.24) is 14.7 Å². The van der Waals surface area contributed by atoms with E-state index in [4.69, 9.17) is 0 Å². The quantitative estimate of drug-likeness (QED) is 0.689.